The van der Waals surface area contributed by atoms with E-state index in [2.05, 4.69) is 9.71 Å². The van der Waals surface area contributed by atoms with Gasteiger partial charge in [0.1, 0.15) is 9.22 Å². The largest absolute Gasteiger partial charge is 0.279 e. The Balaban J connectivity index is 1.59. The lowest BCUT2D eigenvalue weighted by atomic mass is 10.2. The number of aromatic nitrogens is 1. The lowest BCUT2D eigenvalue weighted by Crippen LogP contribution is -2.11. The molecule has 4 nitrogen and oxygen atoms in total. The molecule has 8 heteroatoms. The van der Waals surface area contributed by atoms with Gasteiger partial charge in [-0.05, 0) is 48.5 Å². The van der Waals surface area contributed by atoms with Gasteiger partial charge in [0, 0.05) is 11.3 Å². The van der Waals surface area contributed by atoms with Crippen molar-refractivity contribution in [1.29, 1.82) is 0 Å². The van der Waals surface area contributed by atoms with Crippen LogP contribution in [0.3, 0.4) is 0 Å². The Labute approximate surface area is 157 Å². The summed E-state index contributed by atoms with van der Waals surface area (Å²) in [5, 5.41) is 0.903. The second-order valence-corrected chi connectivity index (χ2v) is 9.88. The van der Waals surface area contributed by atoms with Crippen molar-refractivity contribution in [3.8, 4) is 10.6 Å². The van der Waals surface area contributed by atoms with Crippen LogP contribution < -0.4 is 4.72 Å². The van der Waals surface area contributed by atoms with E-state index in [1.807, 2.05) is 36.4 Å². The van der Waals surface area contributed by atoms with E-state index in [1.165, 1.54) is 6.07 Å². The van der Waals surface area contributed by atoms with Crippen LogP contribution in [-0.2, 0) is 10.0 Å². The third-order valence-electron chi connectivity index (χ3n) is 3.49. The fourth-order valence-corrected chi connectivity index (χ4v) is 5.84. The number of anilines is 1. The number of rotatable bonds is 4. The van der Waals surface area contributed by atoms with Gasteiger partial charge in [-0.25, -0.2) is 13.4 Å². The molecule has 1 N–H and O–H groups in total. The third-order valence-corrected chi connectivity index (χ3v) is 7.68. The highest BCUT2D eigenvalue weighted by Gasteiger charge is 2.16. The van der Waals surface area contributed by atoms with Gasteiger partial charge < -0.3 is 0 Å². The van der Waals surface area contributed by atoms with Crippen molar-refractivity contribution in [2.75, 3.05) is 4.72 Å². The summed E-state index contributed by atoms with van der Waals surface area (Å²) >= 11 is 8.44. The van der Waals surface area contributed by atoms with Crippen molar-refractivity contribution >= 4 is 60.2 Å². The molecule has 2 heterocycles. The number of hydrogen-bond donors (Lipinski definition) is 1. The number of sulfonamides is 1. The highest BCUT2D eigenvalue weighted by Crippen LogP contribution is 2.31. The molecule has 0 saturated carbocycles. The first-order valence-corrected chi connectivity index (χ1v) is 10.7. The van der Waals surface area contributed by atoms with Crippen molar-refractivity contribution in [3.63, 3.8) is 0 Å². The predicted octanol–water partition coefficient (Wildman–Crippen LogP) is 5.48. The molecule has 4 aromatic rings. The molecule has 126 valence electrons. The van der Waals surface area contributed by atoms with Crippen LogP contribution in [0, 0.1) is 0 Å². The van der Waals surface area contributed by atoms with Gasteiger partial charge >= 0.3 is 0 Å². The summed E-state index contributed by atoms with van der Waals surface area (Å²) in [4.78, 5) is 4.60. The predicted molar refractivity (Wildman–Crippen MR) is 105 cm³/mol. The van der Waals surface area contributed by atoms with Crippen LogP contribution in [-0.4, -0.2) is 13.4 Å². The minimum atomic E-state index is -3.62. The molecule has 2 aromatic carbocycles. The summed E-state index contributed by atoms with van der Waals surface area (Å²) in [5.74, 6) is 0. The Bertz CT molecular complexity index is 1120. The molecule has 0 aliphatic rings. The lowest BCUT2D eigenvalue weighted by Gasteiger charge is -2.06. The first-order valence-electron chi connectivity index (χ1n) is 7.25. The van der Waals surface area contributed by atoms with Crippen LogP contribution in [0.4, 0.5) is 5.69 Å². The quantitative estimate of drug-likeness (QED) is 0.488. The van der Waals surface area contributed by atoms with Crippen molar-refractivity contribution in [2.24, 2.45) is 0 Å². The van der Waals surface area contributed by atoms with E-state index in [0.29, 0.717) is 10.0 Å². The van der Waals surface area contributed by atoms with Crippen LogP contribution >= 0.6 is 34.3 Å². The first-order chi connectivity index (χ1) is 12.0. The molecule has 0 bridgehead atoms. The van der Waals surface area contributed by atoms with Crippen LogP contribution in [0.25, 0.3) is 20.8 Å². The van der Waals surface area contributed by atoms with Crippen LogP contribution in [0.15, 0.2) is 64.9 Å². The van der Waals surface area contributed by atoms with Gasteiger partial charge in [-0.15, -0.1) is 22.7 Å². The van der Waals surface area contributed by atoms with Gasteiger partial charge in [-0.3, -0.25) is 4.72 Å². The minimum absolute atomic E-state index is 0.188. The van der Waals surface area contributed by atoms with Gasteiger partial charge in [-0.2, -0.15) is 0 Å². The topological polar surface area (TPSA) is 59.1 Å². The van der Waals surface area contributed by atoms with Gasteiger partial charge in [-0.1, -0.05) is 23.7 Å². The summed E-state index contributed by atoms with van der Waals surface area (Å²) in [6, 6.07) is 18.2. The zero-order valence-corrected chi connectivity index (χ0v) is 15.8. The minimum Gasteiger partial charge on any atom is -0.279 e. The molecule has 2 aromatic heterocycles. The first kappa shape index (κ1) is 16.5. The van der Waals surface area contributed by atoms with Gasteiger partial charge in [0.2, 0.25) is 0 Å². The molecule has 4 rings (SSSR count). The molecule has 0 amide bonds. The van der Waals surface area contributed by atoms with Crippen molar-refractivity contribution in [1.82, 2.24) is 4.98 Å². The number of thiazole rings is 1. The maximum absolute atomic E-state index is 12.3. The summed E-state index contributed by atoms with van der Waals surface area (Å²) in [5.41, 5.74) is 2.40. The summed E-state index contributed by atoms with van der Waals surface area (Å²) in [6.45, 7) is 0. The maximum atomic E-state index is 12.3. The molecule has 0 radical (unpaired) electrons. The summed E-state index contributed by atoms with van der Waals surface area (Å²) in [6.07, 6.45) is 0. The molecular weight excluding hydrogens is 396 g/mol. The van der Waals surface area contributed by atoms with E-state index in [-0.39, 0.29) is 4.21 Å². The molecule has 0 spiro atoms. The molecule has 0 unspecified atom stereocenters. The Hall–Kier alpha value is -1.93. The highest BCUT2D eigenvalue weighted by atomic mass is 35.5. The average Bonchev–Trinajstić information content (AvgIpc) is 3.21. The lowest BCUT2D eigenvalue weighted by molar-refractivity contribution is 0.603. The molecule has 0 aliphatic heterocycles. The van der Waals surface area contributed by atoms with Crippen LogP contribution in [0.1, 0.15) is 0 Å². The van der Waals surface area contributed by atoms with Gasteiger partial charge in [0.15, 0.2) is 0 Å². The van der Waals surface area contributed by atoms with Gasteiger partial charge in [0.25, 0.3) is 10.0 Å². The fraction of sp³-hybridized carbons (Fsp3) is 0. The third kappa shape index (κ3) is 3.41. The fourth-order valence-electron chi connectivity index (χ4n) is 2.32. The number of benzene rings is 2. The normalized spacial score (nSPS) is 11.7. The number of para-hydroxylation sites is 1. The van der Waals surface area contributed by atoms with E-state index in [0.717, 1.165) is 32.1 Å². The maximum Gasteiger partial charge on any atom is 0.271 e. The van der Waals surface area contributed by atoms with Crippen LogP contribution in [0.5, 0.6) is 0 Å². The molecule has 0 aliphatic carbocycles. The number of halogens is 1. The Morgan fingerprint density at radius 2 is 1.68 bits per heavy atom. The molecule has 0 fully saturated rings. The van der Waals surface area contributed by atoms with E-state index >= 15 is 0 Å². The van der Waals surface area contributed by atoms with Crippen LogP contribution in [0.2, 0.25) is 4.34 Å². The van der Waals surface area contributed by atoms with Gasteiger partial charge in [0.05, 0.1) is 14.6 Å². The number of fused-ring (bicyclic) bond motifs is 1. The Morgan fingerprint density at radius 1 is 0.920 bits per heavy atom. The second kappa shape index (κ2) is 6.42. The molecule has 0 saturated heterocycles. The smallest absolute Gasteiger partial charge is 0.271 e. The Morgan fingerprint density at radius 3 is 2.36 bits per heavy atom. The zero-order chi connectivity index (χ0) is 17.4. The zero-order valence-electron chi connectivity index (χ0n) is 12.6. The standard InChI is InChI=1S/C17H11ClN2O2S3/c18-15-9-10-16(24-15)25(21,22)20-12-7-5-11(6-8-12)17-19-13-3-1-2-4-14(13)23-17/h1-10,20H. The molecular formula is C17H11ClN2O2S3. The molecule has 25 heavy (non-hydrogen) atoms. The number of hydrogen-bond acceptors (Lipinski definition) is 5. The SMILES string of the molecule is O=S(=O)(Nc1ccc(-c2nc3ccccc3s2)cc1)c1ccc(Cl)s1. The molecule has 0 atom stereocenters. The van der Waals surface area contributed by atoms with Crippen molar-refractivity contribution in [3.05, 3.63) is 65.0 Å². The Kier molecular flexibility index (Phi) is 4.24. The summed E-state index contributed by atoms with van der Waals surface area (Å²) < 4.78 is 28.9. The van der Waals surface area contributed by atoms with E-state index in [4.69, 9.17) is 11.6 Å². The number of nitrogens with zero attached hydrogens (tertiary/aromatic N) is 1. The average molecular weight is 407 g/mol. The monoisotopic (exact) mass is 406 g/mol. The number of thiophene rings is 1. The van der Waals surface area contributed by atoms with Crippen molar-refractivity contribution < 1.29 is 8.42 Å². The van der Waals surface area contributed by atoms with E-state index in [9.17, 15) is 8.42 Å². The highest BCUT2D eigenvalue weighted by molar-refractivity contribution is 7.94. The van der Waals surface area contributed by atoms with E-state index < -0.39 is 10.0 Å². The second-order valence-electron chi connectivity index (χ2n) is 5.23. The summed E-state index contributed by atoms with van der Waals surface area (Å²) in [7, 11) is -3.62. The van der Waals surface area contributed by atoms with Crippen molar-refractivity contribution in [2.45, 2.75) is 4.21 Å². The number of nitrogens with one attached hydrogen (secondary N) is 1. The van der Waals surface area contributed by atoms with E-state index in [1.54, 1.807) is 29.5 Å².